The zero-order chi connectivity index (χ0) is 14.1. The number of carbonyl (C=O) groups is 1. The summed E-state index contributed by atoms with van der Waals surface area (Å²) >= 11 is 0. The fourth-order valence-corrected chi connectivity index (χ4v) is 0.719. The summed E-state index contributed by atoms with van der Waals surface area (Å²) in [5, 5.41) is 15.1. The quantitative estimate of drug-likeness (QED) is 0.582. The molecule has 0 unspecified atom stereocenters. The summed E-state index contributed by atoms with van der Waals surface area (Å²) in [6.07, 6.45) is 1.73. The Morgan fingerprint density at radius 3 is 2.05 bits per heavy atom. The Morgan fingerprint density at radius 1 is 1.42 bits per heavy atom. The number of carboxylic acids is 1. The summed E-state index contributed by atoms with van der Waals surface area (Å²) in [4.78, 5) is 10.5. The zero-order valence-corrected chi connectivity index (χ0v) is 13.0. The van der Waals surface area contributed by atoms with Gasteiger partial charge in [0.1, 0.15) is 11.4 Å². The number of halogens is 3. The molecule has 0 aliphatic rings. The first kappa shape index (κ1) is 26.8. The lowest BCUT2D eigenvalue weighted by molar-refractivity contribution is -0.142. The first-order valence-electron chi connectivity index (χ1n) is 5.22. The van der Waals surface area contributed by atoms with Crippen LogP contribution in [0, 0.1) is 5.41 Å². The van der Waals surface area contributed by atoms with Gasteiger partial charge in [0.15, 0.2) is 0 Å². The summed E-state index contributed by atoms with van der Waals surface area (Å²) in [7, 11) is 0. The molecule has 0 aromatic heterocycles. The molecular formula is C11H24Cl2FN3O2. The van der Waals surface area contributed by atoms with E-state index in [4.69, 9.17) is 22.0 Å². The first-order chi connectivity index (χ1) is 7.63. The van der Waals surface area contributed by atoms with Gasteiger partial charge in [0, 0.05) is 12.3 Å². The van der Waals surface area contributed by atoms with Crippen LogP contribution in [0.1, 0.15) is 33.6 Å². The number of rotatable bonds is 5. The maximum Gasteiger partial charge on any atom is 0.323 e. The number of allylic oxidation sites excluding steroid dienone is 1. The number of hydrogen-bond acceptors (Lipinski definition) is 4. The molecule has 6 N–H and O–H groups in total. The smallest absolute Gasteiger partial charge is 0.323 e. The molecule has 0 aliphatic heterocycles. The minimum absolute atomic E-state index is 0. The summed E-state index contributed by atoms with van der Waals surface area (Å²) < 4.78 is 12.5. The highest BCUT2D eigenvalue weighted by molar-refractivity contribution is 5.85. The monoisotopic (exact) mass is 319 g/mol. The van der Waals surface area contributed by atoms with Gasteiger partial charge < -0.3 is 22.0 Å². The fraction of sp³-hybridized carbons (Fsp3) is 0.636. The number of nitrogens with two attached hydrogens (primary N) is 2. The minimum atomic E-state index is -1.30. The van der Waals surface area contributed by atoms with Crippen LogP contribution in [0.25, 0.3) is 0 Å². The molecule has 0 saturated heterocycles. The Bertz CT molecular complexity index is 294. The van der Waals surface area contributed by atoms with Crippen LogP contribution >= 0.6 is 24.8 Å². The molecule has 116 valence electrons. The van der Waals surface area contributed by atoms with Gasteiger partial charge in [-0.3, -0.25) is 4.79 Å². The van der Waals surface area contributed by atoms with E-state index in [-0.39, 0.29) is 44.2 Å². The first-order valence-corrected chi connectivity index (χ1v) is 5.22. The topological polar surface area (TPSA) is 113 Å². The molecule has 19 heavy (non-hydrogen) atoms. The molecule has 0 aliphatic carbocycles. The van der Waals surface area contributed by atoms with E-state index in [0.717, 1.165) is 0 Å². The van der Waals surface area contributed by atoms with Crippen LogP contribution < -0.4 is 11.5 Å². The second-order valence-corrected chi connectivity index (χ2v) is 4.12. The van der Waals surface area contributed by atoms with Crippen molar-refractivity contribution in [2.45, 2.75) is 39.2 Å². The third kappa shape index (κ3) is 19.8. The Hall–Kier alpha value is -0.690. The van der Waals surface area contributed by atoms with Gasteiger partial charge in [-0.2, -0.15) is 0 Å². The molecule has 0 radical (unpaired) electrons. The van der Waals surface area contributed by atoms with Gasteiger partial charge in [0.25, 0.3) is 0 Å². The Labute approximate surface area is 125 Å². The van der Waals surface area contributed by atoms with Gasteiger partial charge in [0.2, 0.25) is 0 Å². The van der Waals surface area contributed by atoms with Crippen molar-refractivity contribution in [3.8, 4) is 0 Å². The van der Waals surface area contributed by atoms with Crippen LogP contribution in [0.5, 0.6) is 0 Å². The van der Waals surface area contributed by atoms with Crippen molar-refractivity contribution < 1.29 is 14.3 Å². The summed E-state index contributed by atoms with van der Waals surface area (Å²) in [6.45, 7) is 4.73. The SMILES string of the molecule is CC(C)=N.C[C@](N)(CC/C=C(/F)CN)C(=O)O.Cl.Cl. The van der Waals surface area contributed by atoms with E-state index in [9.17, 15) is 9.18 Å². The number of carboxylic acid groups (broad SMARTS) is 1. The molecule has 0 amide bonds. The molecule has 0 spiro atoms. The lowest BCUT2D eigenvalue weighted by Gasteiger charge is -2.17. The van der Waals surface area contributed by atoms with Crippen LogP contribution in [0.4, 0.5) is 4.39 Å². The highest BCUT2D eigenvalue weighted by atomic mass is 35.5. The van der Waals surface area contributed by atoms with Crippen LogP contribution in [-0.4, -0.2) is 28.9 Å². The van der Waals surface area contributed by atoms with Crippen LogP contribution in [0.15, 0.2) is 11.9 Å². The van der Waals surface area contributed by atoms with Gasteiger partial charge in [-0.1, -0.05) is 6.08 Å². The van der Waals surface area contributed by atoms with E-state index >= 15 is 0 Å². The van der Waals surface area contributed by atoms with Crippen molar-refractivity contribution >= 4 is 36.5 Å². The standard InChI is InChI=1S/C8H15FN2O2.C3H7N.2ClH/c1-8(11,7(12)13)4-2-3-6(9)5-10;1-3(2)4;;/h3H,2,4-5,10-11H2,1H3,(H,12,13);4H,1-2H3;2*1H/b6-3+;;;/t8-;;;/m0.../s1. The minimum Gasteiger partial charge on any atom is -0.480 e. The van der Waals surface area contributed by atoms with Crippen molar-refractivity contribution in [2.24, 2.45) is 11.5 Å². The molecule has 0 rings (SSSR count). The van der Waals surface area contributed by atoms with Crippen LogP contribution in [0.3, 0.4) is 0 Å². The van der Waals surface area contributed by atoms with Crippen molar-refractivity contribution in [2.75, 3.05) is 6.54 Å². The molecule has 5 nitrogen and oxygen atoms in total. The van der Waals surface area contributed by atoms with E-state index < -0.39 is 17.3 Å². The van der Waals surface area contributed by atoms with Crippen molar-refractivity contribution in [1.82, 2.24) is 0 Å². The second-order valence-electron chi connectivity index (χ2n) is 4.12. The summed E-state index contributed by atoms with van der Waals surface area (Å²) in [6, 6.07) is 0. The average molecular weight is 320 g/mol. The van der Waals surface area contributed by atoms with E-state index in [2.05, 4.69) is 0 Å². The predicted octanol–water partition coefficient (Wildman–Crippen LogP) is 2.27. The highest BCUT2D eigenvalue weighted by Crippen LogP contribution is 2.10. The van der Waals surface area contributed by atoms with Crippen LogP contribution in [-0.2, 0) is 4.79 Å². The largest absolute Gasteiger partial charge is 0.480 e. The third-order valence-electron chi connectivity index (χ3n) is 1.71. The molecule has 0 fully saturated rings. The van der Waals surface area contributed by atoms with E-state index in [1.54, 1.807) is 13.8 Å². The van der Waals surface area contributed by atoms with Gasteiger partial charge in [0.05, 0.1) is 0 Å². The molecule has 0 aromatic rings. The highest BCUT2D eigenvalue weighted by Gasteiger charge is 2.26. The maximum atomic E-state index is 12.5. The summed E-state index contributed by atoms with van der Waals surface area (Å²) in [5.41, 5.74) is 9.76. The predicted molar refractivity (Wildman–Crippen MR) is 81.3 cm³/mol. The lowest BCUT2D eigenvalue weighted by Crippen LogP contribution is -2.44. The van der Waals surface area contributed by atoms with Crippen LogP contribution in [0.2, 0.25) is 0 Å². The fourth-order valence-electron chi connectivity index (χ4n) is 0.719. The Morgan fingerprint density at radius 2 is 1.79 bits per heavy atom. The maximum absolute atomic E-state index is 12.5. The van der Waals surface area contributed by atoms with E-state index in [1.807, 2.05) is 0 Å². The molecule has 0 heterocycles. The van der Waals surface area contributed by atoms with E-state index in [0.29, 0.717) is 5.71 Å². The lowest BCUT2D eigenvalue weighted by atomic mass is 9.97. The Balaban J connectivity index is -0.000000165. The molecule has 0 aromatic carbocycles. The van der Waals surface area contributed by atoms with Gasteiger partial charge in [-0.25, -0.2) is 4.39 Å². The summed E-state index contributed by atoms with van der Waals surface area (Å²) in [5.74, 6) is -1.53. The normalized spacial score (nSPS) is 12.8. The number of hydrogen-bond donors (Lipinski definition) is 4. The van der Waals surface area contributed by atoms with Crippen molar-refractivity contribution in [1.29, 1.82) is 5.41 Å². The molecule has 0 saturated carbocycles. The van der Waals surface area contributed by atoms with Gasteiger partial charge in [-0.15, -0.1) is 24.8 Å². The Kier molecular flexibility index (Phi) is 19.4. The van der Waals surface area contributed by atoms with Crippen molar-refractivity contribution in [3.05, 3.63) is 11.9 Å². The van der Waals surface area contributed by atoms with Gasteiger partial charge in [-0.05, 0) is 33.6 Å². The molecule has 1 atom stereocenters. The van der Waals surface area contributed by atoms with E-state index in [1.165, 1.54) is 13.0 Å². The second kappa shape index (κ2) is 13.7. The van der Waals surface area contributed by atoms with Crippen molar-refractivity contribution in [3.63, 3.8) is 0 Å². The molecule has 0 bridgehead atoms. The molecular weight excluding hydrogens is 296 g/mol. The third-order valence-corrected chi connectivity index (χ3v) is 1.71. The number of aliphatic carboxylic acids is 1. The number of nitrogens with one attached hydrogen (secondary N) is 1. The van der Waals surface area contributed by atoms with Gasteiger partial charge >= 0.3 is 5.97 Å². The zero-order valence-electron chi connectivity index (χ0n) is 11.4. The average Bonchev–Trinajstić information content (AvgIpc) is 2.16. The molecule has 8 heteroatoms.